The van der Waals surface area contributed by atoms with Crippen molar-refractivity contribution in [3.8, 4) is 0 Å². The van der Waals surface area contributed by atoms with Gasteiger partial charge in [-0.25, -0.2) is 18.5 Å². The number of primary sulfonamides is 1. The molecule has 0 saturated heterocycles. The molecule has 1 heterocycles. The highest BCUT2D eigenvalue weighted by molar-refractivity contribution is 7.89. The number of aromatic nitrogens is 2. The Morgan fingerprint density at radius 2 is 2.14 bits per heavy atom. The smallest absolute Gasteiger partial charge is 0.257 e. The third-order valence-electron chi connectivity index (χ3n) is 1.94. The zero-order valence-electron chi connectivity index (χ0n) is 8.40. The second-order valence-corrected chi connectivity index (χ2v) is 4.58. The number of imidazole rings is 1. The molecule has 0 bridgehead atoms. The minimum atomic E-state index is -3.66. The summed E-state index contributed by atoms with van der Waals surface area (Å²) in [5.41, 5.74) is 0. The Bertz CT molecular complexity index is 408. The van der Waals surface area contributed by atoms with E-state index < -0.39 is 10.0 Å². The summed E-state index contributed by atoms with van der Waals surface area (Å²) in [6.45, 7) is 4.66. The van der Waals surface area contributed by atoms with Gasteiger partial charge in [0.15, 0.2) is 5.03 Å². The monoisotopic (exact) mass is 217 g/mol. The predicted molar refractivity (Wildman–Crippen MR) is 53.3 cm³/mol. The highest BCUT2D eigenvalue weighted by Crippen LogP contribution is 2.09. The van der Waals surface area contributed by atoms with Crippen molar-refractivity contribution in [3.63, 3.8) is 0 Å². The van der Waals surface area contributed by atoms with E-state index in [2.05, 4.69) is 4.98 Å². The van der Waals surface area contributed by atoms with Gasteiger partial charge < -0.3 is 4.57 Å². The minimum Gasteiger partial charge on any atom is -0.334 e. The fourth-order valence-corrected chi connectivity index (χ4v) is 1.77. The van der Waals surface area contributed by atoms with Crippen LogP contribution in [0.1, 0.15) is 26.1 Å². The zero-order chi connectivity index (χ0) is 10.8. The lowest BCUT2D eigenvalue weighted by atomic mass is 10.3. The fraction of sp³-hybridized carbons (Fsp3) is 0.625. The van der Waals surface area contributed by atoms with Crippen LogP contribution in [-0.2, 0) is 23.0 Å². The van der Waals surface area contributed by atoms with Gasteiger partial charge in [-0.15, -0.1) is 0 Å². The van der Waals surface area contributed by atoms with Crippen molar-refractivity contribution in [2.75, 3.05) is 0 Å². The molecular weight excluding hydrogens is 202 g/mol. The summed E-state index contributed by atoms with van der Waals surface area (Å²) < 4.78 is 23.8. The standard InChI is InChI=1S/C8H15N3O2S/c1-3-5-7-10-8(14(9,12)13)6-11(7)4-2/h6H,3-5H2,1-2H3,(H2,9,12,13). The molecule has 0 radical (unpaired) electrons. The zero-order valence-corrected chi connectivity index (χ0v) is 9.21. The molecule has 0 aliphatic carbocycles. The Morgan fingerprint density at radius 3 is 2.57 bits per heavy atom. The normalized spacial score (nSPS) is 11.9. The fourth-order valence-electron chi connectivity index (χ4n) is 1.26. The number of aryl methyl sites for hydroxylation is 2. The van der Waals surface area contributed by atoms with E-state index in [1.807, 2.05) is 18.4 Å². The van der Waals surface area contributed by atoms with Crippen molar-refractivity contribution in [2.45, 2.75) is 38.3 Å². The van der Waals surface area contributed by atoms with Crippen molar-refractivity contribution in [1.82, 2.24) is 9.55 Å². The molecule has 1 rings (SSSR count). The average molecular weight is 217 g/mol. The first-order valence-corrected chi connectivity index (χ1v) is 6.12. The van der Waals surface area contributed by atoms with Gasteiger partial charge in [0.1, 0.15) is 5.82 Å². The third-order valence-corrected chi connectivity index (χ3v) is 2.72. The summed E-state index contributed by atoms with van der Waals surface area (Å²) in [7, 11) is -3.66. The maximum absolute atomic E-state index is 11.0. The molecule has 0 fully saturated rings. The van der Waals surface area contributed by atoms with E-state index in [1.54, 1.807) is 0 Å². The Morgan fingerprint density at radius 1 is 1.50 bits per heavy atom. The summed E-state index contributed by atoms with van der Waals surface area (Å²) in [4.78, 5) is 3.99. The second-order valence-electron chi connectivity index (χ2n) is 3.08. The van der Waals surface area contributed by atoms with Crippen LogP contribution in [0.4, 0.5) is 0 Å². The number of nitrogens with two attached hydrogens (primary N) is 1. The molecule has 0 aliphatic heterocycles. The van der Waals surface area contributed by atoms with Crippen LogP contribution < -0.4 is 5.14 Å². The number of hydrogen-bond acceptors (Lipinski definition) is 3. The number of hydrogen-bond donors (Lipinski definition) is 1. The summed E-state index contributed by atoms with van der Waals surface area (Å²) >= 11 is 0. The topological polar surface area (TPSA) is 78.0 Å². The maximum Gasteiger partial charge on any atom is 0.257 e. The van der Waals surface area contributed by atoms with Crippen LogP contribution >= 0.6 is 0 Å². The maximum atomic E-state index is 11.0. The van der Waals surface area contributed by atoms with Crippen molar-refractivity contribution in [1.29, 1.82) is 0 Å². The molecule has 14 heavy (non-hydrogen) atoms. The first-order valence-electron chi connectivity index (χ1n) is 4.57. The number of rotatable bonds is 4. The molecule has 2 N–H and O–H groups in total. The molecule has 1 aromatic heterocycles. The Kier molecular flexibility index (Phi) is 3.28. The lowest BCUT2D eigenvalue weighted by Crippen LogP contribution is -2.12. The van der Waals surface area contributed by atoms with E-state index in [1.165, 1.54) is 6.20 Å². The van der Waals surface area contributed by atoms with E-state index in [-0.39, 0.29) is 5.03 Å². The molecule has 0 atom stereocenters. The number of sulfonamides is 1. The Hall–Kier alpha value is -0.880. The highest BCUT2D eigenvalue weighted by Gasteiger charge is 2.14. The van der Waals surface area contributed by atoms with Gasteiger partial charge in [0.25, 0.3) is 10.0 Å². The van der Waals surface area contributed by atoms with Gasteiger partial charge in [0.05, 0.1) is 0 Å². The SMILES string of the molecule is CCCc1nc(S(N)(=O)=O)cn1CC. The molecule has 0 aromatic carbocycles. The van der Waals surface area contributed by atoms with E-state index in [0.29, 0.717) is 6.54 Å². The van der Waals surface area contributed by atoms with Crippen LogP contribution in [0, 0.1) is 0 Å². The van der Waals surface area contributed by atoms with Crippen LogP contribution in [0.5, 0.6) is 0 Å². The van der Waals surface area contributed by atoms with E-state index >= 15 is 0 Å². The van der Waals surface area contributed by atoms with Crippen molar-refractivity contribution in [3.05, 3.63) is 12.0 Å². The molecule has 0 amide bonds. The summed E-state index contributed by atoms with van der Waals surface area (Å²) in [5, 5.41) is 4.95. The van der Waals surface area contributed by atoms with Gasteiger partial charge in [-0.2, -0.15) is 0 Å². The van der Waals surface area contributed by atoms with Crippen LogP contribution in [0.25, 0.3) is 0 Å². The number of nitrogens with zero attached hydrogens (tertiary/aromatic N) is 2. The van der Waals surface area contributed by atoms with Gasteiger partial charge in [0.2, 0.25) is 0 Å². The summed E-state index contributed by atoms with van der Waals surface area (Å²) in [6, 6.07) is 0. The highest BCUT2D eigenvalue weighted by atomic mass is 32.2. The molecule has 80 valence electrons. The largest absolute Gasteiger partial charge is 0.334 e. The molecule has 6 heteroatoms. The van der Waals surface area contributed by atoms with Gasteiger partial charge >= 0.3 is 0 Å². The first kappa shape index (κ1) is 11.2. The van der Waals surface area contributed by atoms with Crippen molar-refractivity contribution in [2.24, 2.45) is 5.14 Å². The molecule has 0 aliphatic rings. The molecular formula is C8H15N3O2S. The summed E-state index contributed by atoms with van der Waals surface area (Å²) in [5.74, 6) is 0.777. The Balaban J connectivity index is 3.13. The quantitative estimate of drug-likeness (QED) is 0.797. The van der Waals surface area contributed by atoms with Crippen LogP contribution in [-0.4, -0.2) is 18.0 Å². The van der Waals surface area contributed by atoms with Crippen LogP contribution in [0.15, 0.2) is 11.2 Å². The van der Waals surface area contributed by atoms with E-state index in [9.17, 15) is 8.42 Å². The van der Waals surface area contributed by atoms with Crippen molar-refractivity contribution < 1.29 is 8.42 Å². The first-order chi connectivity index (χ1) is 6.49. The van der Waals surface area contributed by atoms with E-state index in [4.69, 9.17) is 5.14 Å². The minimum absolute atomic E-state index is 0.0391. The lowest BCUT2D eigenvalue weighted by molar-refractivity contribution is 0.594. The average Bonchev–Trinajstić information content (AvgIpc) is 2.47. The second kappa shape index (κ2) is 4.10. The lowest BCUT2D eigenvalue weighted by Gasteiger charge is -2.00. The van der Waals surface area contributed by atoms with Gasteiger partial charge in [-0.05, 0) is 13.3 Å². The van der Waals surface area contributed by atoms with Gasteiger partial charge in [0, 0.05) is 19.2 Å². The van der Waals surface area contributed by atoms with Crippen LogP contribution in [0.2, 0.25) is 0 Å². The molecule has 0 saturated carbocycles. The van der Waals surface area contributed by atoms with Crippen LogP contribution in [0.3, 0.4) is 0 Å². The van der Waals surface area contributed by atoms with Crippen molar-refractivity contribution >= 4 is 10.0 Å². The van der Waals surface area contributed by atoms with Gasteiger partial charge in [-0.1, -0.05) is 6.92 Å². The summed E-state index contributed by atoms with van der Waals surface area (Å²) in [6.07, 6.45) is 3.19. The Labute approximate surface area is 84.0 Å². The predicted octanol–water partition coefficient (Wildman–Crippen LogP) is 0.503. The molecule has 1 aromatic rings. The van der Waals surface area contributed by atoms with E-state index in [0.717, 1.165) is 18.7 Å². The molecule has 5 nitrogen and oxygen atoms in total. The third kappa shape index (κ3) is 2.33. The molecule has 0 spiro atoms. The molecule has 0 unspecified atom stereocenters. The van der Waals surface area contributed by atoms with Gasteiger partial charge in [-0.3, -0.25) is 0 Å².